The van der Waals surface area contributed by atoms with Gasteiger partial charge in [0.25, 0.3) is 5.91 Å². The number of anilines is 1. The van der Waals surface area contributed by atoms with Crippen molar-refractivity contribution in [3.63, 3.8) is 0 Å². The zero-order valence-electron chi connectivity index (χ0n) is 16.7. The highest BCUT2D eigenvalue weighted by molar-refractivity contribution is 7.89. The molecule has 0 saturated heterocycles. The molecule has 1 N–H and O–H groups in total. The van der Waals surface area contributed by atoms with Crippen LogP contribution < -0.4 is 14.8 Å². The van der Waals surface area contributed by atoms with Crippen molar-refractivity contribution in [2.75, 3.05) is 31.3 Å². The number of carbonyl (C=O) groups excluding carboxylic acids is 1. The molecule has 7 nitrogen and oxygen atoms in total. The van der Waals surface area contributed by atoms with E-state index in [0.29, 0.717) is 43.1 Å². The number of hydrogen-bond donors (Lipinski definition) is 1. The van der Waals surface area contributed by atoms with Crippen LogP contribution >= 0.6 is 0 Å². The number of amides is 1. The van der Waals surface area contributed by atoms with Crippen molar-refractivity contribution in [3.8, 4) is 11.5 Å². The first kappa shape index (κ1) is 21.1. The van der Waals surface area contributed by atoms with Crippen LogP contribution in [0.15, 0.2) is 42.5 Å². The van der Waals surface area contributed by atoms with Crippen LogP contribution in [-0.2, 0) is 27.8 Å². The second-order valence-electron chi connectivity index (χ2n) is 6.90. The van der Waals surface area contributed by atoms with E-state index in [1.165, 1.54) is 4.31 Å². The molecule has 0 fully saturated rings. The van der Waals surface area contributed by atoms with Crippen molar-refractivity contribution < 1.29 is 22.7 Å². The molecule has 1 heterocycles. The molecule has 1 aliphatic heterocycles. The molecule has 0 radical (unpaired) electrons. The lowest BCUT2D eigenvalue weighted by atomic mass is 10.0. The van der Waals surface area contributed by atoms with E-state index >= 15 is 0 Å². The summed E-state index contributed by atoms with van der Waals surface area (Å²) in [6.07, 6.45) is 1.26. The summed E-state index contributed by atoms with van der Waals surface area (Å²) in [5, 5.41) is 2.81. The SMILES string of the molecule is CCCS(=O)(=O)N1CCc2ccc(NC(=O)COc3cccc(OC)c3)cc2C1. The van der Waals surface area contributed by atoms with Gasteiger partial charge in [-0.15, -0.1) is 0 Å². The van der Waals surface area contributed by atoms with E-state index in [9.17, 15) is 13.2 Å². The van der Waals surface area contributed by atoms with Gasteiger partial charge in [0.05, 0.1) is 12.9 Å². The number of benzene rings is 2. The fraction of sp³-hybridized carbons (Fsp3) is 0.381. The highest BCUT2D eigenvalue weighted by Crippen LogP contribution is 2.25. The first-order chi connectivity index (χ1) is 13.9. The zero-order valence-corrected chi connectivity index (χ0v) is 17.5. The van der Waals surface area contributed by atoms with Gasteiger partial charge in [0.15, 0.2) is 6.61 Å². The number of fused-ring (bicyclic) bond motifs is 1. The summed E-state index contributed by atoms with van der Waals surface area (Å²) >= 11 is 0. The van der Waals surface area contributed by atoms with Gasteiger partial charge in [0.2, 0.25) is 10.0 Å². The van der Waals surface area contributed by atoms with Crippen LogP contribution in [0.2, 0.25) is 0 Å². The predicted octanol–water partition coefficient (Wildman–Crippen LogP) is 2.81. The minimum absolute atomic E-state index is 0.138. The van der Waals surface area contributed by atoms with E-state index in [2.05, 4.69) is 5.32 Å². The number of ether oxygens (including phenoxy) is 2. The van der Waals surface area contributed by atoms with Crippen molar-refractivity contribution in [1.29, 1.82) is 0 Å². The van der Waals surface area contributed by atoms with Crippen molar-refractivity contribution >= 4 is 21.6 Å². The third kappa shape index (κ3) is 5.48. The lowest BCUT2D eigenvalue weighted by Gasteiger charge is -2.28. The number of nitrogens with zero attached hydrogens (tertiary/aromatic N) is 1. The molecule has 1 aliphatic rings. The fourth-order valence-corrected chi connectivity index (χ4v) is 4.75. The Morgan fingerprint density at radius 1 is 1.14 bits per heavy atom. The molecule has 2 aromatic rings. The molecule has 29 heavy (non-hydrogen) atoms. The van der Waals surface area contributed by atoms with Crippen LogP contribution in [0.25, 0.3) is 0 Å². The molecule has 0 unspecified atom stereocenters. The Morgan fingerprint density at radius 2 is 1.93 bits per heavy atom. The molecular weight excluding hydrogens is 392 g/mol. The Kier molecular flexibility index (Phi) is 6.76. The number of sulfonamides is 1. The molecule has 0 atom stereocenters. The van der Waals surface area contributed by atoms with Gasteiger partial charge >= 0.3 is 0 Å². The molecule has 0 spiro atoms. The van der Waals surface area contributed by atoms with Crippen LogP contribution in [0, 0.1) is 0 Å². The Morgan fingerprint density at radius 3 is 2.69 bits per heavy atom. The molecule has 156 valence electrons. The highest BCUT2D eigenvalue weighted by atomic mass is 32.2. The molecule has 3 rings (SSSR count). The Labute approximate surface area is 171 Å². The molecule has 2 aromatic carbocycles. The van der Waals surface area contributed by atoms with E-state index in [0.717, 1.165) is 11.1 Å². The lowest BCUT2D eigenvalue weighted by molar-refractivity contribution is -0.118. The Balaban J connectivity index is 1.61. The van der Waals surface area contributed by atoms with Crippen LogP contribution in [-0.4, -0.2) is 44.6 Å². The molecule has 1 amide bonds. The fourth-order valence-electron chi connectivity index (χ4n) is 3.27. The summed E-state index contributed by atoms with van der Waals surface area (Å²) < 4.78 is 36.9. The largest absolute Gasteiger partial charge is 0.497 e. The van der Waals surface area contributed by atoms with Crippen molar-refractivity contribution in [3.05, 3.63) is 53.6 Å². The normalized spacial score (nSPS) is 14.1. The van der Waals surface area contributed by atoms with Crippen molar-refractivity contribution in [2.45, 2.75) is 26.3 Å². The summed E-state index contributed by atoms with van der Waals surface area (Å²) in [7, 11) is -1.68. The maximum Gasteiger partial charge on any atom is 0.262 e. The van der Waals surface area contributed by atoms with E-state index in [-0.39, 0.29) is 18.3 Å². The number of carbonyl (C=O) groups is 1. The van der Waals surface area contributed by atoms with Crippen LogP contribution in [0.3, 0.4) is 0 Å². The summed E-state index contributed by atoms with van der Waals surface area (Å²) in [5.41, 5.74) is 2.65. The topological polar surface area (TPSA) is 84.9 Å². The number of methoxy groups -OCH3 is 1. The summed E-state index contributed by atoms with van der Waals surface area (Å²) in [6, 6.07) is 12.7. The average molecular weight is 419 g/mol. The Bertz CT molecular complexity index is 975. The van der Waals surface area contributed by atoms with Crippen molar-refractivity contribution in [1.82, 2.24) is 4.31 Å². The highest BCUT2D eigenvalue weighted by Gasteiger charge is 2.26. The average Bonchev–Trinajstić information content (AvgIpc) is 2.72. The molecule has 0 aliphatic carbocycles. The third-order valence-corrected chi connectivity index (χ3v) is 6.76. The quantitative estimate of drug-likeness (QED) is 0.713. The summed E-state index contributed by atoms with van der Waals surface area (Å²) in [6.45, 7) is 2.55. The third-order valence-electron chi connectivity index (χ3n) is 4.73. The lowest BCUT2D eigenvalue weighted by Crippen LogP contribution is -2.37. The van der Waals surface area contributed by atoms with Gasteiger partial charge in [-0.25, -0.2) is 8.42 Å². The first-order valence-corrected chi connectivity index (χ1v) is 11.2. The van der Waals surface area contributed by atoms with Gasteiger partial charge in [-0.1, -0.05) is 19.1 Å². The summed E-state index contributed by atoms with van der Waals surface area (Å²) in [4.78, 5) is 12.2. The van der Waals surface area contributed by atoms with E-state index in [1.54, 1.807) is 31.4 Å². The second kappa shape index (κ2) is 9.28. The molecule has 8 heteroatoms. The maximum absolute atomic E-state index is 12.4. The predicted molar refractivity (Wildman–Crippen MR) is 112 cm³/mol. The Hall–Kier alpha value is -2.58. The minimum atomic E-state index is -3.24. The van der Waals surface area contributed by atoms with Gasteiger partial charge < -0.3 is 14.8 Å². The zero-order chi connectivity index (χ0) is 20.9. The van der Waals surface area contributed by atoms with E-state index < -0.39 is 10.0 Å². The maximum atomic E-state index is 12.4. The van der Waals surface area contributed by atoms with Gasteiger partial charge in [-0.3, -0.25) is 4.79 Å². The van der Waals surface area contributed by atoms with Gasteiger partial charge in [-0.2, -0.15) is 4.31 Å². The van der Waals surface area contributed by atoms with E-state index in [1.807, 2.05) is 25.1 Å². The van der Waals surface area contributed by atoms with Gasteiger partial charge in [-0.05, 0) is 48.2 Å². The first-order valence-electron chi connectivity index (χ1n) is 9.57. The molecular formula is C21H26N2O5S. The number of hydrogen-bond acceptors (Lipinski definition) is 5. The van der Waals surface area contributed by atoms with E-state index in [4.69, 9.17) is 9.47 Å². The van der Waals surface area contributed by atoms with Crippen LogP contribution in [0.5, 0.6) is 11.5 Å². The molecule has 0 bridgehead atoms. The second-order valence-corrected chi connectivity index (χ2v) is 8.99. The van der Waals surface area contributed by atoms with Gasteiger partial charge in [0.1, 0.15) is 11.5 Å². The monoisotopic (exact) mass is 418 g/mol. The standard InChI is InChI=1S/C21H26N2O5S/c1-3-11-29(25,26)23-10-9-16-7-8-18(12-17(16)14-23)22-21(24)15-28-20-6-4-5-19(13-20)27-2/h4-8,12-13H,3,9-11,14-15H2,1-2H3,(H,22,24). The smallest absolute Gasteiger partial charge is 0.262 e. The number of rotatable bonds is 8. The molecule has 0 aromatic heterocycles. The number of nitrogens with one attached hydrogen (secondary N) is 1. The molecule has 0 saturated carbocycles. The van der Waals surface area contributed by atoms with Crippen LogP contribution in [0.4, 0.5) is 5.69 Å². The summed E-state index contributed by atoms with van der Waals surface area (Å²) in [5.74, 6) is 1.06. The van der Waals surface area contributed by atoms with Crippen molar-refractivity contribution in [2.24, 2.45) is 0 Å². The minimum Gasteiger partial charge on any atom is -0.497 e. The van der Waals surface area contributed by atoms with Crippen LogP contribution in [0.1, 0.15) is 24.5 Å². The van der Waals surface area contributed by atoms with Gasteiger partial charge in [0, 0.05) is 24.8 Å².